The number of aromatic hydroxyl groups is 1. The van der Waals surface area contributed by atoms with Crippen molar-refractivity contribution in [2.75, 3.05) is 13.2 Å². The third-order valence-corrected chi connectivity index (χ3v) is 7.22. The van der Waals surface area contributed by atoms with Crippen LogP contribution in [0.4, 0.5) is 4.79 Å². The van der Waals surface area contributed by atoms with E-state index in [0.717, 1.165) is 11.1 Å². The highest BCUT2D eigenvalue weighted by Gasteiger charge is 2.48. The minimum atomic E-state index is -1.06. The second-order valence-corrected chi connectivity index (χ2v) is 12.2. The van der Waals surface area contributed by atoms with Gasteiger partial charge in [0.1, 0.15) is 23.4 Å². The molecule has 1 aliphatic carbocycles. The zero-order chi connectivity index (χ0) is 31.9. The Labute approximate surface area is 254 Å². The van der Waals surface area contributed by atoms with Crippen LogP contribution >= 0.6 is 0 Å². The van der Waals surface area contributed by atoms with Gasteiger partial charge in [0.2, 0.25) is 11.8 Å². The number of ether oxygens (including phenoxy) is 2. The molecule has 0 heterocycles. The first kappa shape index (κ1) is 33.4. The molecule has 10 nitrogen and oxygen atoms in total. The van der Waals surface area contributed by atoms with Crippen LogP contribution in [0.2, 0.25) is 0 Å². The largest absolute Gasteiger partial charge is 0.508 e. The second-order valence-electron chi connectivity index (χ2n) is 12.2. The highest BCUT2D eigenvalue weighted by molar-refractivity contribution is 5.93. The van der Waals surface area contributed by atoms with Gasteiger partial charge in [-0.3, -0.25) is 14.4 Å². The van der Waals surface area contributed by atoms with Gasteiger partial charge >= 0.3 is 12.1 Å². The van der Waals surface area contributed by atoms with Gasteiger partial charge in [0.05, 0.1) is 13.0 Å². The molecule has 43 heavy (non-hydrogen) atoms. The van der Waals surface area contributed by atoms with E-state index in [2.05, 4.69) is 10.6 Å². The zero-order valence-corrected chi connectivity index (χ0v) is 26.2. The number of carbonyl (C=O) groups is 4. The van der Waals surface area contributed by atoms with Crippen molar-refractivity contribution < 1.29 is 33.8 Å². The molecule has 234 valence electrons. The first-order valence-electron chi connectivity index (χ1n) is 14.8. The number of alkyl carbamates (subject to hydrolysis) is 1. The average molecular weight is 596 g/mol. The SMILES string of the molecule is CCOC(=O)CCNC(=O)C(c1ccc(C)cc1C)N(C(=O)C(Cc1ccc(O)cc1)NC(=O)OC(C)(C)C)C1CC1C. The van der Waals surface area contributed by atoms with E-state index >= 15 is 0 Å². The molecular weight excluding hydrogens is 550 g/mol. The monoisotopic (exact) mass is 595 g/mol. The number of rotatable bonds is 12. The van der Waals surface area contributed by atoms with Gasteiger partial charge in [0, 0.05) is 19.0 Å². The molecule has 4 unspecified atom stereocenters. The summed E-state index contributed by atoms with van der Waals surface area (Å²) in [5, 5.41) is 15.4. The molecule has 0 bridgehead atoms. The van der Waals surface area contributed by atoms with Crippen molar-refractivity contribution >= 4 is 23.9 Å². The zero-order valence-electron chi connectivity index (χ0n) is 26.2. The maximum Gasteiger partial charge on any atom is 0.408 e. The van der Waals surface area contributed by atoms with Crippen LogP contribution in [0.25, 0.3) is 0 Å². The predicted octanol–water partition coefficient (Wildman–Crippen LogP) is 4.49. The van der Waals surface area contributed by atoms with Crippen LogP contribution in [0.3, 0.4) is 0 Å². The molecule has 0 radical (unpaired) electrons. The van der Waals surface area contributed by atoms with Crippen LogP contribution in [0.5, 0.6) is 5.75 Å². The Morgan fingerprint density at radius 2 is 1.72 bits per heavy atom. The van der Waals surface area contributed by atoms with E-state index in [9.17, 15) is 24.3 Å². The first-order valence-corrected chi connectivity index (χ1v) is 14.8. The van der Waals surface area contributed by atoms with Crippen molar-refractivity contribution in [3.63, 3.8) is 0 Å². The fourth-order valence-electron chi connectivity index (χ4n) is 5.04. The minimum absolute atomic E-state index is 0.00334. The number of carbonyl (C=O) groups excluding carboxylic acids is 4. The molecule has 0 aromatic heterocycles. The van der Waals surface area contributed by atoms with E-state index in [1.807, 2.05) is 39.0 Å². The summed E-state index contributed by atoms with van der Waals surface area (Å²) in [5.74, 6) is -1.07. The Bertz CT molecular complexity index is 1300. The van der Waals surface area contributed by atoms with Gasteiger partial charge < -0.3 is 30.1 Å². The molecule has 2 aromatic rings. The van der Waals surface area contributed by atoms with Crippen molar-refractivity contribution in [1.29, 1.82) is 0 Å². The van der Waals surface area contributed by atoms with E-state index < -0.39 is 41.6 Å². The van der Waals surface area contributed by atoms with Crippen molar-refractivity contribution in [2.45, 2.75) is 91.5 Å². The van der Waals surface area contributed by atoms with Gasteiger partial charge in [-0.25, -0.2) is 4.79 Å². The molecule has 1 saturated carbocycles. The first-order chi connectivity index (χ1) is 20.2. The fraction of sp³-hybridized carbons (Fsp3) is 0.515. The van der Waals surface area contributed by atoms with E-state index in [4.69, 9.17) is 9.47 Å². The van der Waals surface area contributed by atoms with Crippen LogP contribution < -0.4 is 10.6 Å². The van der Waals surface area contributed by atoms with Crippen molar-refractivity contribution in [3.05, 3.63) is 64.7 Å². The van der Waals surface area contributed by atoms with Crippen LogP contribution in [0.1, 0.15) is 75.8 Å². The molecule has 3 N–H and O–H groups in total. The Morgan fingerprint density at radius 1 is 1.07 bits per heavy atom. The van der Waals surface area contributed by atoms with Crippen molar-refractivity contribution in [1.82, 2.24) is 15.5 Å². The van der Waals surface area contributed by atoms with Crippen LogP contribution in [-0.4, -0.2) is 64.7 Å². The Hall–Kier alpha value is -4.08. The lowest BCUT2D eigenvalue weighted by Gasteiger charge is -2.35. The number of hydrogen-bond acceptors (Lipinski definition) is 7. The van der Waals surface area contributed by atoms with Gasteiger partial charge in [-0.1, -0.05) is 42.8 Å². The van der Waals surface area contributed by atoms with Crippen molar-refractivity contribution in [3.8, 4) is 5.75 Å². The molecule has 0 aliphatic heterocycles. The molecule has 3 rings (SSSR count). The van der Waals surface area contributed by atoms with Gasteiger partial charge in [-0.2, -0.15) is 0 Å². The molecule has 1 aliphatic rings. The van der Waals surface area contributed by atoms with E-state index in [1.54, 1.807) is 44.7 Å². The highest BCUT2D eigenvalue weighted by atomic mass is 16.6. The Balaban J connectivity index is 2.02. The number of phenolic OH excluding ortho intramolecular Hbond substituents is 1. The van der Waals surface area contributed by atoms with E-state index in [-0.39, 0.29) is 43.7 Å². The maximum atomic E-state index is 14.6. The smallest absolute Gasteiger partial charge is 0.408 e. The van der Waals surface area contributed by atoms with Gasteiger partial charge in [0.15, 0.2) is 0 Å². The summed E-state index contributed by atoms with van der Waals surface area (Å²) in [7, 11) is 0. The summed E-state index contributed by atoms with van der Waals surface area (Å²) in [6.07, 6.45) is 0.0496. The maximum absolute atomic E-state index is 14.6. The lowest BCUT2D eigenvalue weighted by atomic mass is 9.95. The number of aryl methyl sites for hydroxylation is 2. The van der Waals surface area contributed by atoms with Crippen LogP contribution in [0, 0.1) is 19.8 Å². The quantitative estimate of drug-likeness (QED) is 0.308. The number of esters is 1. The van der Waals surface area contributed by atoms with Crippen molar-refractivity contribution in [2.24, 2.45) is 5.92 Å². The molecule has 2 aromatic carbocycles. The fourth-order valence-corrected chi connectivity index (χ4v) is 5.04. The molecular formula is C33H45N3O7. The molecule has 3 amide bonds. The van der Waals surface area contributed by atoms with Crippen LogP contribution in [0.15, 0.2) is 42.5 Å². The van der Waals surface area contributed by atoms with Gasteiger partial charge in [-0.05, 0) is 82.7 Å². The predicted molar refractivity (Wildman–Crippen MR) is 162 cm³/mol. The molecule has 4 atom stereocenters. The third-order valence-electron chi connectivity index (χ3n) is 7.22. The highest BCUT2D eigenvalue weighted by Crippen LogP contribution is 2.41. The topological polar surface area (TPSA) is 134 Å². The number of hydrogen-bond donors (Lipinski definition) is 3. The summed E-state index contributed by atoms with van der Waals surface area (Å²) in [6, 6.07) is 9.79. The Morgan fingerprint density at radius 3 is 2.28 bits per heavy atom. The van der Waals surface area contributed by atoms with E-state index in [0.29, 0.717) is 17.5 Å². The second kappa shape index (κ2) is 14.4. The standard InChI is InChI=1S/C33H45N3O7/c1-8-42-28(38)15-16-34-30(39)29(25-14-9-20(2)17-21(25)3)36(27-18-22(27)4)31(40)26(35-32(41)43-33(5,6)7)19-23-10-12-24(37)13-11-23/h9-14,17,22,26-27,29,37H,8,15-16,18-19H2,1-7H3,(H,34,39)(H,35,41). The Kier molecular flexibility index (Phi) is 11.2. The lowest BCUT2D eigenvalue weighted by Crippen LogP contribution is -2.55. The van der Waals surface area contributed by atoms with Gasteiger partial charge in [0.25, 0.3) is 0 Å². The molecule has 0 saturated heterocycles. The normalized spacial score (nSPS) is 17.3. The number of nitrogens with zero attached hydrogens (tertiary/aromatic N) is 1. The molecule has 0 spiro atoms. The molecule has 10 heteroatoms. The summed E-state index contributed by atoms with van der Waals surface area (Å²) in [5.41, 5.74) is 2.43. The van der Waals surface area contributed by atoms with Gasteiger partial charge in [-0.15, -0.1) is 0 Å². The average Bonchev–Trinajstić information content (AvgIpc) is 3.62. The number of phenols is 1. The lowest BCUT2D eigenvalue weighted by molar-refractivity contribution is -0.145. The number of nitrogens with one attached hydrogen (secondary N) is 2. The summed E-state index contributed by atoms with van der Waals surface area (Å²) in [4.78, 5) is 55.0. The molecule has 1 fully saturated rings. The van der Waals surface area contributed by atoms with E-state index in [1.165, 1.54) is 12.1 Å². The van der Waals surface area contributed by atoms with Crippen LogP contribution in [-0.2, 0) is 30.3 Å². The summed E-state index contributed by atoms with van der Waals surface area (Å²) < 4.78 is 10.5. The minimum Gasteiger partial charge on any atom is -0.508 e. The summed E-state index contributed by atoms with van der Waals surface area (Å²) in [6.45, 7) is 13.1. The number of amides is 3. The number of benzene rings is 2. The third kappa shape index (κ3) is 9.73. The summed E-state index contributed by atoms with van der Waals surface area (Å²) >= 11 is 0.